The largest absolute Gasteiger partial charge is 0.495 e. The monoisotopic (exact) mass is 507 g/mol. The molecule has 0 saturated carbocycles. The Morgan fingerprint density at radius 3 is 1.64 bits per heavy atom. The summed E-state index contributed by atoms with van der Waals surface area (Å²) in [6.07, 6.45) is 4.97. The molecule has 0 amide bonds. The Hall–Kier alpha value is -4.21. The van der Waals surface area contributed by atoms with Crippen molar-refractivity contribution in [1.82, 2.24) is 4.31 Å². The molecule has 3 aromatic carbocycles. The predicted octanol–water partition coefficient (Wildman–Crippen LogP) is 4.28. The number of aliphatic carboxylic acids is 2. The van der Waals surface area contributed by atoms with Crippen molar-refractivity contribution < 1.29 is 33.0 Å². The Morgan fingerprint density at radius 1 is 0.778 bits per heavy atom. The molecule has 186 valence electrons. The molecule has 0 bridgehead atoms. The SMILES string of the molecule is COc1ccccc1S(=O)(=O)N(Cc1ccc(C=CC(=O)O)cc1)Cc1ccc(C=CC(=O)O)cc1. The van der Waals surface area contributed by atoms with Gasteiger partial charge in [-0.1, -0.05) is 60.7 Å². The maximum Gasteiger partial charge on any atom is 0.328 e. The first-order valence-corrected chi connectivity index (χ1v) is 12.3. The molecule has 0 spiro atoms. The number of carboxylic acid groups (broad SMARTS) is 2. The fourth-order valence-corrected chi connectivity index (χ4v) is 4.98. The van der Waals surface area contributed by atoms with Crippen LogP contribution >= 0.6 is 0 Å². The molecule has 3 rings (SSSR count). The van der Waals surface area contributed by atoms with Crippen molar-refractivity contribution in [2.24, 2.45) is 0 Å². The van der Waals surface area contributed by atoms with Crippen molar-refractivity contribution in [3.63, 3.8) is 0 Å². The first-order valence-electron chi connectivity index (χ1n) is 10.8. The minimum Gasteiger partial charge on any atom is -0.495 e. The minimum absolute atomic E-state index is 0.0366. The van der Waals surface area contributed by atoms with E-state index in [9.17, 15) is 18.0 Å². The molecule has 36 heavy (non-hydrogen) atoms. The van der Waals surface area contributed by atoms with Crippen LogP contribution in [0.4, 0.5) is 0 Å². The lowest BCUT2D eigenvalue weighted by molar-refractivity contribution is -0.132. The lowest BCUT2D eigenvalue weighted by atomic mass is 10.1. The Morgan fingerprint density at radius 2 is 1.22 bits per heavy atom. The lowest BCUT2D eigenvalue weighted by Crippen LogP contribution is -2.30. The van der Waals surface area contributed by atoms with Gasteiger partial charge in [0, 0.05) is 25.2 Å². The number of benzene rings is 3. The maximum absolute atomic E-state index is 13.7. The van der Waals surface area contributed by atoms with Crippen LogP contribution in [-0.4, -0.2) is 42.0 Å². The van der Waals surface area contributed by atoms with Gasteiger partial charge in [0.15, 0.2) is 0 Å². The number of nitrogens with zero attached hydrogens (tertiary/aromatic N) is 1. The Labute approximate surface area is 209 Å². The third-order valence-corrected chi connectivity index (χ3v) is 7.03. The second kappa shape index (κ2) is 12.0. The summed E-state index contributed by atoms with van der Waals surface area (Å²) < 4.78 is 34.0. The number of hydrogen-bond acceptors (Lipinski definition) is 5. The highest BCUT2D eigenvalue weighted by Gasteiger charge is 2.28. The molecule has 0 atom stereocenters. The van der Waals surface area contributed by atoms with E-state index >= 15 is 0 Å². The maximum atomic E-state index is 13.7. The predicted molar refractivity (Wildman–Crippen MR) is 136 cm³/mol. The van der Waals surface area contributed by atoms with Crippen molar-refractivity contribution in [1.29, 1.82) is 0 Å². The number of para-hydroxylation sites is 1. The Kier molecular flexibility index (Phi) is 8.77. The van der Waals surface area contributed by atoms with Crippen LogP contribution in [0.3, 0.4) is 0 Å². The first kappa shape index (κ1) is 26.4. The summed E-state index contributed by atoms with van der Waals surface area (Å²) in [7, 11) is -2.57. The van der Waals surface area contributed by atoms with Crippen LogP contribution in [0.1, 0.15) is 22.3 Å². The molecule has 0 saturated heterocycles. The number of hydrogen-bond donors (Lipinski definition) is 2. The van der Waals surface area contributed by atoms with Gasteiger partial charge in [0.1, 0.15) is 10.6 Å². The summed E-state index contributed by atoms with van der Waals surface area (Å²) in [6.45, 7) is 0.119. The molecule has 8 nitrogen and oxygen atoms in total. The number of ether oxygens (including phenoxy) is 1. The van der Waals surface area contributed by atoms with E-state index in [1.54, 1.807) is 66.7 Å². The number of rotatable bonds is 11. The van der Waals surface area contributed by atoms with Crippen molar-refractivity contribution in [2.45, 2.75) is 18.0 Å². The number of sulfonamides is 1. The van der Waals surface area contributed by atoms with Gasteiger partial charge in [-0.15, -0.1) is 0 Å². The summed E-state index contributed by atoms with van der Waals surface area (Å²) in [5.41, 5.74) is 2.76. The lowest BCUT2D eigenvalue weighted by Gasteiger charge is -2.24. The van der Waals surface area contributed by atoms with E-state index in [1.807, 2.05) is 0 Å². The molecule has 3 aromatic rings. The van der Waals surface area contributed by atoms with Gasteiger partial charge >= 0.3 is 11.9 Å². The van der Waals surface area contributed by atoms with Crippen LogP contribution in [-0.2, 0) is 32.7 Å². The highest BCUT2D eigenvalue weighted by Crippen LogP contribution is 2.28. The zero-order valence-corrected chi connectivity index (χ0v) is 20.3. The van der Waals surface area contributed by atoms with Crippen molar-refractivity contribution >= 4 is 34.1 Å². The van der Waals surface area contributed by atoms with Crippen molar-refractivity contribution in [3.05, 3.63) is 107 Å². The van der Waals surface area contributed by atoms with E-state index in [0.717, 1.165) is 12.2 Å². The molecule has 2 N–H and O–H groups in total. The van der Waals surface area contributed by atoms with Crippen LogP contribution in [0.5, 0.6) is 5.75 Å². The van der Waals surface area contributed by atoms with Crippen molar-refractivity contribution in [2.75, 3.05) is 7.11 Å². The molecule has 0 aliphatic carbocycles. The zero-order valence-electron chi connectivity index (χ0n) is 19.4. The number of methoxy groups -OCH3 is 1. The normalized spacial score (nSPS) is 11.8. The first-order chi connectivity index (χ1) is 17.2. The molecule has 0 aliphatic rings. The van der Waals surface area contributed by atoms with Gasteiger partial charge in [-0.05, 0) is 46.5 Å². The smallest absolute Gasteiger partial charge is 0.328 e. The third-order valence-electron chi connectivity index (χ3n) is 5.20. The van der Waals surface area contributed by atoms with E-state index in [4.69, 9.17) is 14.9 Å². The number of carboxylic acids is 2. The molecule has 0 fully saturated rings. The second-order valence-corrected chi connectivity index (χ2v) is 9.66. The topological polar surface area (TPSA) is 121 Å². The van der Waals surface area contributed by atoms with E-state index in [0.29, 0.717) is 22.3 Å². The van der Waals surface area contributed by atoms with E-state index in [-0.39, 0.29) is 23.7 Å². The molecular weight excluding hydrogens is 482 g/mol. The molecule has 0 aromatic heterocycles. The molecular formula is C27H25NO7S. The summed E-state index contributed by atoms with van der Waals surface area (Å²) in [5.74, 6) is -1.89. The second-order valence-electron chi connectivity index (χ2n) is 7.75. The van der Waals surface area contributed by atoms with Crippen LogP contribution in [0.25, 0.3) is 12.2 Å². The molecule has 0 heterocycles. The number of carbonyl (C=O) groups is 2. The van der Waals surface area contributed by atoms with E-state index < -0.39 is 22.0 Å². The highest BCUT2D eigenvalue weighted by atomic mass is 32.2. The summed E-state index contributed by atoms with van der Waals surface area (Å²) >= 11 is 0. The fraction of sp³-hybridized carbons (Fsp3) is 0.111. The van der Waals surface area contributed by atoms with Gasteiger partial charge in [-0.2, -0.15) is 4.31 Å². The molecule has 9 heteroatoms. The van der Waals surface area contributed by atoms with Gasteiger partial charge < -0.3 is 14.9 Å². The molecule has 0 aliphatic heterocycles. The summed E-state index contributed by atoms with van der Waals surface area (Å²) in [6, 6.07) is 20.2. The average Bonchev–Trinajstić information content (AvgIpc) is 2.87. The third kappa shape index (κ3) is 7.14. The van der Waals surface area contributed by atoms with Gasteiger partial charge in [-0.25, -0.2) is 18.0 Å². The highest BCUT2D eigenvalue weighted by molar-refractivity contribution is 7.89. The van der Waals surface area contributed by atoms with Gasteiger partial charge in [-0.3, -0.25) is 0 Å². The molecule has 0 unspecified atom stereocenters. The Bertz CT molecular complexity index is 1310. The minimum atomic E-state index is -3.98. The van der Waals surface area contributed by atoms with Gasteiger partial charge in [0.25, 0.3) is 0 Å². The van der Waals surface area contributed by atoms with Crippen LogP contribution in [0.2, 0.25) is 0 Å². The van der Waals surface area contributed by atoms with Crippen LogP contribution < -0.4 is 4.74 Å². The van der Waals surface area contributed by atoms with Gasteiger partial charge in [0.2, 0.25) is 10.0 Å². The van der Waals surface area contributed by atoms with Crippen LogP contribution in [0, 0.1) is 0 Å². The quantitative estimate of drug-likeness (QED) is 0.372. The summed E-state index contributed by atoms with van der Waals surface area (Å²) in [5, 5.41) is 17.6. The molecule has 0 radical (unpaired) electrons. The van der Waals surface area contributed by atoms with Crippen LogP contribution in [0.15, 0.2) is 89.8 Å². The summed E-state index contributed by atoms with van der Waals surface area (Å²) in [4.78, 5) is 21.5. The average molecular weight is 508 g/mol. The Balaban J connectivity index is 1.93. The van der Waals surface area contributed by atoms with Crippen molar-refractivity contribution in [3.8, 4) is 5.75 Å². The fourth-order valence-electron chi connectivity index (χ4n) is 3.41. The zero-order chi connectivity index (χ0) is 26.1. The van der Waals surface area contributed by atoms with E-state index in [1.165, 1.54) is 29.6 Å². The van der Waals surface area contributed by atoms with Gasteiger partial charge in [0.05, 0.1) is 7.11 Å². The standard InChI is InChI=1S/C27H25NO7S/c1-35-24-4-2-3-5-25(24)36(33,34)28(18-22-10-6-20(7-11-22)14-16-26(29)30)19-23-12-8-21(9-13-23)15-17-27(31)32/h2-17H,18-19H2,1H3,(H,29,30)(H,31,32). The van der Waals surface area contributed by atoms with E-state index in [2.05, 4.69) is 0 Å².